The highest BCUT2D eigenvalue weighted by Gasteiger charge is 2.31. The second-order valence-corrected chi connectivity index (χ2v) is 7.13. The molecule has 4 rings (SSSR count). The highest BCUT2D eigenvalue weighted by molar-refractivity contribution is 5.37. The van der Waals surface area contributed by atoms with E-state index in [4.69, 9.17) is 14.2 Å². The Bertz CT molecular complexity index is 845. The molecule has 1 unspecified atom stereocenters. The highest BCUT2D eigenvalue weighted by atomic mass is 19.1. The van der Waals surface area contributed by atoms with Crippen LogP contribution in [0, 0.1) is 19.7 Å². The molecule has 0 bridgehead atoms. The van der Waals surface area contributed by atoms with Gasteiger partial charge in [0.15, 0.2) is 5.75 Å². The van der Waals surface area contributed by atoms with Crippen molar-refractivity contribution in [3.63, 3.8) is 0 Å². The molecule has 0 saturated carbocycles. The molecule has 1 fully saturated rings. The Balaban J connectivity index is 1.44. The van der Waals surface area contributed by atoms with E-state index in [0.29, 0.717) is 37.1 Å². The number of nitrogens with zero attached hydrogens (tertiary/aromatic N) is 3. The van der Waals surface area contributed by atoms with Crippen LogP contribution < -0.4 is 14.2 Å². The van der Waals surface area contributed by atoms with E-state index in [1.54, 1.807) is 6.20 Å². The average molecular weight is 373 g/mol. The molecule has 2 atom stereocenters. The minimum atomic E-state index is -0.366. The predicted octanol–water partition coefficient (Wildman–Crippen LogP) is 3.22. The van der Waals surface area contributed by atoms with Crippen molar-refractivity contribution in [2.75, 3.05) is 26.3 Å². The van der Waals surface area contributed by atoms with Gasteiger partial charge in [0.25, 0.3) is 5.88 Å². The molecular weight excluding hydrogens is 349 g/mol. The van der Waals surface area contributed by atoms with Crippen LogP contribution in [-0.2, 0) is 0 Å². The molecule has 27 heavy (non-hydrogen) atoms. The topological polar surface area (TPSA) is 56.7 Å². The predicted molar refractivity (Wildman–Crippen MR) is 97.9 cm³/mol. The molecule has 1 saturated heterocycles. The summed E-state index contributed by atoms with van der Waals surface area (Å²) < 4.78 is 31.5. The van der Waals surface area contributed by atoms with Gasteiger partial charge in [-0.1, -0.05) is 0 Å². The van der Waals surface area contributed by atoms with Crippen molar-refractivity contribution in [2.45, 2.75) is 39.3 Å². The molecule has 2 aliphatic heterocycles. The first-order valence-electron chi connectivity index (χ1n) is 9.31. The van der Waals surface area contributed by atoms with Crippen LogP contribution in [0.2, 0.25) is 0 Å². The second-order valence-electron chi connectivity index (χ2n) is 7.13. The van der Waals surface area contributed by atoms with Gasteiger partial charge in [0, 0.05) is 24.8 Å². The van der Waals surface area contributed by atoms with Crippen LogP contribution in [-0.4, -0.2) is 47.3 Å². The van der Waals surface area contributed by atoms with E-state index in [0.717, 1.165) is 30.0 Å². The number of hydrogen-bond donors (Lipinski definition) is 0. The lowest BCUT2D eigenvalue weighted by Crippen LogP contribution is -2.29. The van der Waals surface area contributed by atoms with Crippen LogP contribution in [0.3, 0.4) is 0 Å². The minimum absolute atomic E-state index is 0.0524. The van der Waals surface area contributed by atoms with Crippen molar-refractivity contribution < 1.29 is 18.6 Å². The summed E-state index contributed by atoms with van der Waals surface area (Å²) in [5.41, 5.74) is 2.50. The Kier molecular flexibility index (Phi) is 4.86. The zero-order valence-corrected chi connectivity index (χ0v) is 15.9. The summed E-state index contributed by atoms with van der Waals surface area (Å²) in [7, 11) is 0. The third-order valence-electron chi connectivity index (χ3n) is 5.25. The standard InChI is InChI=1S/C20H24FN3O3/c1-12-8-16(10-22-13(12)2)27-15-4-5-24(11-15)14(3)19-17(21)9-18-20(23-19)26-7-6-25-18/h8-10,14-15H,4-7,11H2,1-3H3/t14?,15-/m1/s1. The van der Waals surface area contributed by atoms with E-state index in [1.165, 1.54) is 6.07 Å². The first-order valence-corrected chi connectivity index (χ1v) is 9.31. The molecule has 0 aromatic carbocycles. The second kappa shape index (κ2) is 7.31. The molecule has 144 valence electrons. The van der Waals surface area contributed by atoms with Gasteiger partial charge in [-0.3, -0.25) is 9.88 Å². The van der Waals surface area contributed by atoms with Gasteiger partial charge in [0.1, 0.15) is 30.9 Å². The summed E-state index contributed by atoms with van der Waals surface area (Å²) in [5, 5.41) is 0. The number of ether oxygens (including phenoxy) is 3. The Morgan fingerprint density at radius 2 is 2.07 bits per heavy atom. The number of hydrogen-bond acceptors (Lipinski definition) is 6. The molecule has 0 spiro atoms. The van der Waals surface area contributed by atoms with Crippen molar-refractivity contribution in [2.24, 2.45) is 0 Å². The molecular formula is C20H24FN3O3. The van der Waals surface area contributed by atoms with Crippen LogP contribution in [0.4, 0.5) is 4.39 Å². The summed E-state index contributed by atoms with van der Waals surface area (Å²) in [5.74, 6) is 1.16. The van der Waals surface area contributed by atoms with E-state index < -0.39 is 0 Å². The van der Waals surface area contributed by atoms with Gasteiger partial charge < -0.3 is 14.2 Å². The summed E-state index contributed by atoms with van der Waals surface area (Å²) in [6.07, 6.45) is 2.69. The number of aryl methyl sites for hydroxylation is 2. The first kappa shape index (κ1) is 18.0. The summed E-state index contributed by atoms with van der Waals surface area (Å²) in [6, 6.07) is 3.21. The molecule has 0 N–H and O–H groups in total. The number of aromatic nitrogens is 2. The maximum Gasteiger partial charge on any atom is 0.257 e. The quantitative estimate of drug-likeness (QED) is 0.820. The lowest BCUT2D eigenvalue weighted by molar-refractivity contribution is 0.157. The molecule has 0 radical (unpaired) electrons. The van der Waals surface area contributed by atoms with Crippen LogP contribution in [0.25, 0.3) is 0 Å². The van der Waals surface area contributed by atoms with E-state index >= 15 is 0 Å². The lowest BCUT2D eigenvalue weighted by Gasteiger charge is -2.26. The third kappa shape index (κ3) is 3.69. The average Bonchev–Trinajstić information content (AvgIpc) is 3.12. The van der Waals surface area contributed by atoms with Crippen molar-refractivity contribution in [3.05, 3.63) is 41.1 Å². The van der Waals surface area contributed by atoms with Crippen LogP contribution in [0.15, 0.2) is 18.3 Å². The molecule has 4 heterocycles. The molecule has 7 heteroatoms. The van der Waals surface area contributed by atoms with Crippen molar-refractivity contribution >= 4 is 0 Å². The van der Waals surface area contributed by atoms with Crippen molar-refractivity contribution in [3.8, 4) is 17.4 Å². The van der Waals surface area contributed by atoms with Crippen molar-refractivity contribution in [1.82, 2.24) is 14.9 Å². The van der Waals surface area contributed by atoms with E-state index in [2.05, 4.69) is 14.9 Å². The van der Waals surface area contributed by atoms with Gasteiger partial charge in [-0.2, -0.15) is 0 Å². The molecule has 0 aliphatic carbocycles. The van der Waals surface area contributed by atoms with Gasteiger partial charge >= 0.3 is 0 Å². The Hall–Kier alpha value is -2.41. The highest BCUT2D eigenvalue weighted by Crippen LogP contribution is 2.34. The Labute approximate surface area is 158 Å². The molecule has 2 aromatic heterocycles. The number of pyridine rings is 2. The summed E-state index contributed by atoms with van der Waals surface area (Å²) in [4.78, 5) is 10.9. The smallest absolute Gasteiger partial charge is 0.257 e. The largest absolute Gasteiger partial charge is 0.487 e. The number of likely N-dealkylation sites (tertiary alicyclic amines) is 1. The van der Waals surface area contributed by atoms with Crippen LogP contribution in [0.5, 0.6) is 17.4 Å². The number of rotatable bonds is 4. The fourth-order valence-corrected chi connectivity index (χ4v) is 3.51. The third-order valence-corrected chi connectivity index (χ3v) is 5.25. The first-order chi connectivity index (χ1) is 13.0. The van der Waals surface area contributed by atoms with Crippen molar-refractivity contribution in [1.29, 1.82) is 0 Å². The molecule has 2 aromatic rings. The van der Waals surface area contributed by atoms with Gasteiger partial charge in [-0.05, 0) is 38.8 Å². The van der Waals surface area contributed by atoms with Crippen LogP contribution in [0.1, 0.15) is 36.3 Å². The van der Waals surface area contributed by atoms with Gasteiger partial charge in [0.05, 0.1) is 17.9 Å². The maximum atomic E-state index is 14.5. The monoisotopic (exact) mass is 373 g/mol. The Morgan fingerprint density at radius 3 is 2.89 bits per heavy atom. The lowest BCUT2D eigenvalue weighted by atomic mass is 10.1. The van der Waals surface area contributed by atoms with Crippen LogP contribution >= 0.6 is 0 Å². The van der Waals surface area contributed by atoms with Gasteiger partial charge in [-0.15, -0.1) is 0 Å². The number of fused-ring (bicyclic) bond motifs is 1. The molecule has 6 nitrogen and oxygen atoms in total. The fraction of sp³-hybridized carbons (Fsp3) is 0.500. The summed E-state index contributed by atoms with van der Waals surface area (Å²) >= 11 is 0. The van der Waals surface area contributed by atoms with E-state index in [-0.39, 0.29) is 18.0 Å². The number of halogens is 1. The van der Waals surface area contributed by atoms with Gasteiger partial charge in [0.2, 0.25) is 0 Å². The summed E-state index contributed by atoms with van der Waals surface area (Å²) in [6.45, 7) is 8.34. The van der Waals surface area contributed by atoms with E-state index in [1.807, 2.05) is 26.8 Å². The zero-order chi connectivity index (χ0) is 19.0. The maximum absolute atomic E-state index is 14.5. The minimum Gasteiger partial charge on any atom is -0.487 e. The molecule has 0 amide bonds. The van der Waals surface area contributed by atoms with E-state index in [9.17, 15) is 4.39 Å². The van der Waals surface area contributed by atoms with Gasteiger partial charge in [-0.25, -0.2) is 9.37 Å². The molecule has 2 aliphatic rings. The normalized spacial score (nSPS) is 20.5. The SMILES string of the molecule is Cc1cc(O[C@@H]2CCN(C(C)c3nc4c(cc3F)OCCO4)C2)cnc1C. The fourth-order valence-electron chi connectivity index (χ4n) is 3.51. The Morgan fingerprint density at radius 1 is 1.26 bits per heavy atom. The zero-order valence-electron chi connectivity index (χ0n) is 15.9.